The minimum atomic E-state index is -4.52. The van der Waals surface area contributed by atoms with E-state index in [1.54, 1.807) is 31.2 Å². The Labute approximate surface area is 169 Å². The molecule has 0 spiro atoms. The molecule has 0 amide bonds. The van der Waals surface area contributed by atoms with Crippen LogP contribution in [0.3, 0.4) is 0 Å². The van der Waals surface area contributed by atoms with Crippen LogP contribution in [0.2, 0.25) is 0 Å². The third kappa shape index (κ3) is 4.32. The van der Waals surface area contributed by atoms with Crippen molar-refractivity contribution in [2.75, 3.05) is 12.4 Å². The Morgan fingerprint density at radius 3 is 2.66 bits per heavy atom. The smallest absolute Gasteiger partial charge is 0.416 e. The maximum atomic E-state index is 13.1. The van der Waals surface area contributed by atoms with Gasteiger partial charge in [0.1, 0.15) is 5.75 Å². The third-order valence-electron chi connectivity index (χ3n) is 4.22. The molecule has 0 bridgehead atoms. The van der Waals surface area contributed by atoms with Crippen LogP contribution in [-0.2, 0) is 12.7 Å². The molecule has 3 rings (SSSR count). The van der Waals surface area contributed by atoms with Gasteiger partial charge in [0, 0.05) is 23.7 Å². The molecule has 10 heteroatoms. The number of fused-ring (bicyclic) bond motifs is 1. The van der Waals surface area contributed by atoms with E-state index in [1.165, 1.54) is 17.7 Å². The first-order chi connectivity index (χ1) is 13.7. The van der Waals surface area contributed by atoms with E-state index in [2.05, 4.69) is 15.5 Å². The second-order valence-corrected chi connectivity index (χ2v) is 6.39. The van der Waals surface area contributed by atoms with Gasteiger partial charge in [0.2, 0.25) is 11.0 Å². The van der Waals surface area contributed by atoms with Crippen molar-refractivity contribution >= 4 is 39.6 Å². The van der Waals surface area contributed by atoms with E-state index in [0.717, 1.165) is 12.1 Å². The van der Waals surface area contributed by atoms with Gasteiger partial charge in [0.15, 0.2) is 5.69 Å². The molecule has 0 fully saturated rings. The van der Waals surface area contributed by atoms with Crippen LogP contribution in [-0.4, -0.2) is 21.9 Å². The molecular weight excluding hydrogens is 405 g/mol. The fourth-order valence-electron chi connectivity index (χ4n) is 2.86. The maximum Gasteiger partial charge on any atom is 0.416 e. The molecule has 0 aliphatic rings. The molecule has 0 aliphatic carbocycles. The summed E-state index contributed by atoms with van der Waals surface area (Å²) in [5.41, 5.74) is 0.0982. The van der Waals surface area contributed by atoms with Crippen molar-refractivity contribution in [1.82, 2.24) is 4.57 Å². The summed E-state index contributed by atoms with van der Waals surface area (Å²) in [6.45, 7) is 2.10. The van der Waals surface area contributed by atoms with Gasteiger partial charge in [0.25, 0.3) is 0 Å². The van der Waals surface area contributed by atoms with Gasteiger partial charge < -0.3 is 19.7 Å². The summed E-state index contributed by atoms with van der Waals surface area (Å²) < 4.78 is 45.8. The quantitative estimate of drug-likeness (QED) is 0.407. The molecule has 1 heterocycles. The first-order valence-corrected chi connectivity index (χ1v) is 8.94. The molecule has 0 radical (unpaired) electrons. The van der Waals surface area contributed by atoms with Gasteiger partial charge >= 0.3 is 6.18 Å². The lowest BCUT2D eigenvalue weighted by atomic mass is 10.1. The number of anilines is 1. The molecule has 29 heavy (non-hydrogen) atoms. The summed E-state index contributed by atoms with van der Waals surface area (Å²) in [5.74, 6) is 0.327. The molecule has 2 N–H and O–H groups in total. The monoisotopic (exact) mass is 422 g/mol. The lowest BCUT2D eigenvalue weighted by Gasteiger charge is -2.07. The molecular formula is C19H17F3N4O2S. The lowest BCUT2D eigenvalue weighted by molar-refractivity contribution is -0.137. The highest BCUT2D eigenvalue weighted by molar-refractivity contribution is 7.80. The second kappa shape index (κ2) is 8.08. The topological polar surface area (TPSA) is 71.1 Å². The summed E-state index contributed by atoms with van der Waals surface area (Å²) in [5, 5.41) is 21.1. The Balaban J connectivity index is 1.95. The van der Waals surface area contributed by atoms with Gasteiger partial charge in [-0.25, -0.2) is 0 Å². The number of halogens is 3. The average molecular weight is 422 g/mol. The van der Waals surface area contributed by atoms with Gasteiger partial charge in [-0.2, -0.15) is 13.2 Å². The number of rotatable bonds is 4. The summed E-state index contributed by atoms with van der Waals surface area (Å²) in [6, 6.07) is 10.1. The Hall–Kier alpha value is -3.14. The number of azo groups is 1. The van der Waals surface area contributed by atoms with Crippen molar-refractivity contribution in [2.24, 2.45) is 10.2 Å². The van der Waals surface area contributed by atoms with Crippen molar-refractivity contribution in [3.05, 3.63) is 48.0 Å². The van der Waals surface area contributed by atoms with Crippen LogP contribution in [0.1, 0.15) is 12.5 Å². The van der Waals surface area contributed by atoms with Crippen LogP contribution in [0.15, 0.2) is 52.7 Å². The van der Waals surface area contributed by atoms with Crippen LogP contribution in [0.25, 0.3) is 10.9 Å². The Kier molecular flexibility index (Phi) is 5.73. The van der Waals surface area contributed by atoms with Gasteiger partial charge in [0.05, 0.1) is 18.2 Å². The number of benzene rings is 2. The highest BCUT2D eigenvalue weighted by atomic mass is 32.1. The SMILES string of the molecule is CCn1c(O)c(N=NC(=S)Nc2cccc(OC)c2)c2cc(C(F)(F)F)ccc21. The van der Waals surface area contributed by atoms with Gasteiger partial charge in [-0.1, -0.05) is 6.07 Å². The van der Waals surface area contributed by atoms with Crippen LogP contribution in [0.5, 0.6) is 11.6 Å². The van der Waals surface area contributed by atoms with Crippen molar-refractivity contribution in [3.63, 3.8) is 0 Å². The number of hydrogen-bond acceptors (Lipinski definition) is 4. The predicted molar refractivity (Wildman–Crippen MR) is 108 cm³/mol. The molecule has 152 valence electrons. The van der Waals surface area contributed by atoms with E-state index in [-0.39, 0.29) is 22.1 Å². The van der Waals surface area contributed by atoms with Crippen molar-refractivity contribution < 1.29 is 23.0 Å². The molecule has 0 atom stereocenters. The number of hydrogen-bond donors (Lipinski definition) is 2. The number of thiocarbonyl (C=S) groups is 1. The van der Waals surface area contributed by atoms with Gasteiger partial charge in [-0.15, -0.1) is 10.2 Å². The highest BCUT2D eigenvalue weighted by Crippen LogP contribution is 2.41. The number of aromatic hydroxyl groups is 1. The fourth-order valence-corrected chi connectivity index (χ4v) is 3.02. The first kappa shape index (κ1) is 20.6. The summed E-state index contributed by atoms with van der Waals surface area (Å²) >= 11 is 5.12. The van der Waals surface area contributed by atoms with E-state index < -0.39 is 11.7 Å². The Morgan fingerprint density at radius 1 is 1.24 bits per heavy atom. The van der Waals surface area contributed by atoms with Crippen LogP contribution in [0, 0.1) is 0 Å². The molecule has 0 saturated carbocycles. The summed E-state index contributed by atoms with van der Waals surface area (Å²) in [6.07, 6.45) is -4.52. The van der Waals surface area contributed by atoms with E-state index >= 15 is 0 Å². The largest absolute Gasteiger partial charge is 0.497 e. The van der Waals surface area contributed by atoms with Gasteiger partial charge in [-0.05, 0) is 49.5 Å². The molecule has 0 aliphatic heterocycles. The minimum Gasteiger partial charge on any atom is -0.497 e. The molecule has 1 aromatic heterocycles. The normalized spacial score (nSPS) is 11.9. The zero-order valence-electron chi connectivity index (χ0n) is 15.5. The number of nitrogens with zero attached hydrogens (tertiary/aromatic N) is 3. The average Bonchev–Trinajstić information content (AvgIpc) is 2.95. The number of ether oxygens (including phenoxy) is 1. The van der Waals surface area contributed by atoms with E-state index in [0.29, 0.717) is 23.5 Å². The zero-order chi connectivity index (χ0) is 21.2. The standard InChI is InChI=1S/C19H17F3N4O2S/c1-3-26-15-8-7-11(19(20,21)22)9-14(15)16(17(26)27)24-25-18(29)23-12-5-4-6-13(10-12)28-2/h4-10,27H,3H2,1-2H3,(H,23,29). The van der Waals surface area contributed by atoms with Crippen molar-refractivity contribution in [1.29, 1.82) is 0 Å². The van der Waals surface area contributed by atoms with Crippen molar-refractivity contribution in [2.45, 2.75) is 19.6 Å². The van der Waals surface area contributed by atoms with Crippen molar-refractivity contribution in [3.8, 4) is 11.6 Å². The molecule has 3 aromatic rings. The first-order valence-electron chi connectivity index (χ1n) is 8.53. The van der Waals surface area contributed by atoms with E-state index in [9.17, 15) is 18.3 Å². The number of alkyl halides is 3. The number of nitrogens with one attached hydrogen (secondary N) is 1. The predicted octanol–water partition coefficient (Wildman–Crippen LogP) is 5.87. The van der Waals surface area contributed by atoms with Crippen LogP contribution < -0.4 is 10.1 Å². The zero-order valence-corrected chi connectivity index (χ0v) is 16.3. The van der Waals surface area contributed by atoms with E-state index in [1.807, 2.05) is 0 Å². The third-order valence-corrected chi connectivity index (χ3v) is 4.40. The summed E-state index contributed by atoms with van der Waals surface area (Å²) in [7, 11) is 1.53. The highest BCUT2D eigenvalue weighted by Gasteiger charge is 2.31. The Morgan fingerprint density at radius 2 is 2.00 bits per heavy atom. The Bertz CT molecular complexity index is 1090. The maximum absolute atomic E-state index is 13.1. The number of aromatic nitrogens is 1. The van der Waals surface area contributed by atoms with Gasteiger partial charge in [-0.3, -0.25) is 0 Å². The summed E-state index contributed by atoms with van der Waals surface area (Å²) in [4.78, 5) is 0. The molecule has 6 nitrogen and oxygen atoms in total. The molecule has 2 aromatic carbocycles. The lowest BCUT2D eigenvalue weighted by Crippen LogP contribution is -2.05. The van der Waals surface area contributed by atoms with E-state index in [4.69, 9.17) is 17.0 Å². The minimum absolute atomic E-state index is 0.0259. The second-order valence-electron chi connectivity index (χ2n) is 6.01. The number of methoxy groups -OCH3 is 1. The molecule has 0 unspecified atom stereocenters. The fraction of sp³-hybridized carbons (Fsp3) is 0.211. The molecule has 0 saturated heterocycles. The number of aryl methyl sites for hydroxylation is 1. The van der Waals surface area contributed by atoms with Crippen LogP contribution >= 0.6 is 12.2 Å². The van der Waals surface area contributed by atoms with Crippen LogP contribution in [0.4, 0.5) is 24.5 Å².